The maximum Gasteiger partial charge on any atom is 0.269 e. The summed E-state index contributed by atoms with van der Waals surface area (Å²) >= 11 is 1.71. The van der Waals surface area contributed by atoms with Gasteiger partial charge in [-0.3, -0.25) is 4.79 Å². The Morgan fingerprint density at radius 2 is 1.79 bits per heavy atom. The van der Waals surface area contributed by atoms with Gasteiger partial charge in [-0.05, 0) is 25.0 Å². The van der Waals surface area contributed by atoms with Crippen molar-refractivity contribution >= 4 is 32.4 Å². The lowest BCUT2D eigenvalue weighted by atomic mass is 10.1. The molecule has 1 fully saturated rings. The van der Waals surface area contributed by atoms with Crippen molar-refractivity contribution in [3.63, 3.8) is 0 Å². The topological polar surface area (TPSA) is 54.3 Å². The lowest BCUT2D eigenvalue weighted by molar-refractivity contribution is 0.119. The number of hydrogen-bond acceptors (Lipinski definition) is 6. The molecule has 9 heteroatoms. The maximum atomic E-state index is 12.5. The molecule has 3 aromatic rings. The third kappa shape index (κ3) is 3.58. The number of piperazine rings is 1. The minimum Gasteiger partial charge on any atom is -0.367 e. The first-order valence-corrected chi connectivity index (χ1v) is 9.96. The highest BCUT2D eigenvalue weighted by Crippen LogP contribution is 2.33. The first-order chi connectivity index (χ1) is 13.4. The molecule has 0 aliphatic carbocycles. The molecule has 3 heterocycles. The minimum absolute atomic E-state index is 0.502. The molecule has 0 N–H and O–H groups in total. The highest BCUT2D eigenvalue weighted by atomic mass is 32.1. The Balaban J connectivity index is 1.48. The molecule has 0 bridgehead atoms. The Labute approximate surface area is 165 Å². The molecular weight excluding hydrogens is 384 g/mol. The maximum absolute atomic E-state index is 12.5. The van der Waals surface area contributed by atoms with E-state index in [1.54, 1.807) is 11.3 Å². The van der Waals surface area contributed by atoms with Crippen molar-refractivity contribution in [2.75, 3.05) is 36.0 Å². The molecule has 1 aliphatic heterocycles. The van der Waals surface area contributed by atoms with E-state index >= 15 is 0 Å². The zero-order valence-corrected chi connectivity index (χ0v) is 16.5. The zero-order chi connectivity index (χ0) is 19.8. The van der Waals surface area contributed by atoms with Crippen molar-refractivity contribution in [2.24, 2.45) is 0 Å². The molecule has 0 unspecified atom stereocenters. The normalized spacial score (nSPS) is 15.0. The molecule has 0 radical (unpaired) electrons. The van der Waals surface area contributed by atoms with Crippen LogP contribution in [-0.4, -0.2) is 47.4 Å². The van der Waals surface area contributed by atoms with Crippen LogP contribution in [0.5, 0.6) is 0 Å². The molecule has 1 aliphatic rings. The third-order valence-corrected chi connectivity index (χ3v) is 6.26. The van der Waals surface area contributed by atoms with Crippen LogP contribution in [0.3, 0.4) is 0 Å². The minimum atomic E-state index is -2.60. The molecule has 0 atom stereocenters. The second-order valence-electron chi connectivity index (χ2n) is 6.97. The van der Waals surface area contributed by atoms with Crippen LogP contribution < -0.4 is 15.4 Å². The second kappa shape index (κ2) is 7.46. The van der Waals surface area contributed by atoms with E-state index in [0.717, 1.165) is 28.4 Å². The number of alkyl halides is 2. The van der Waals surface area contributed by atoms with Gasteiger partial charge in [0.05, 0.1) is 22.1 Å². The van der Waals surface area contributed by atoms with Crippen molar-refractivity contribution in [3.05, 3.63) is 45.9 Å². The van der Waals surface area contributed by atoms with Crippen molar-refractivity contribution < 1.29 is 8.78 Å². The summed E-state index contributed by atoms with van der Waals surface area (Å²) in [4.78, 5) is 21.1. The van der Waals surface area contributed by atoms with Gasteiger partial charge in [0.1, 0.15) is 6.54 Å². The van der Waals surface area contributed by atoms with Gasteiger partial charge in [-0.1, -0.05) is 23.5 Å². The SMILES string of the molecule is Cc1ccc(C)c2sc(N3CCN(c4cnn(CC(F)F)c(=O)c4)CC3)nc12. The van der Waals surface area contributed by atoms with Crippen molar-refractivity contribution in [1.82, 2.24) is 14.8 Å². The molecule has 148 valence electrons. The van der Waals surface area contributed by atoms with Crippen LogP contribution in [0.15, 0.2) is 29.2 Å². The van der Waals surface area contributed by atoms with E-state index in [1.165, 1.54) is 28.1 Å². The van der Waals surface area contributed by atoms with Gasteiger partial charge >= 0.3 is 0 Å². The molecule has 1 saturated heterocycles. The van der Waals surface area contributed by atoms with E-state index in [1.807, 2.05) is 0 Å². The summed E-state index contributed by atoms with van der Waals surface area (Å²) in [7, 11) is 0. The Bertz CT molecular complexity index is 1020. The predicted molar refractivity (Wildman–Crippen MR) is 108 cm³/mol. The number of thiazole rings is 1. The van der Waals surface area contributed by atoms with E-state index in [0.29, 0.717) is 18.8 Å². The standard InChI is InChI=1S/C19H21F2N5OS/c1-12-3-4-13(2)18-17(12)23-19(28-18)25-7-5-24(6-8-25)14-9-16(27)26(22-10-14)11-15(20)21/h3-4,9-10,15H,5-8,11H2,1-2H3. The van der Waals surface area contributed by atoms with Crippen LogP contribution in [0.4, 0.5) is 19.6 Å². The van der Waals surface area contributed by atoms with Gasteiger partial charge in [0.15, 0.2) is 5.13 Å². The van der Waals surface area contributed by atoms with Crippen molar-refractivity contribution in [3.8, 4) is 0 Å². The highest BCUT2D eigenvalue weighted by Gasteiger charge is 2.21. The molecule has 1 aromatic carbocycles. The van der Waals surface area contributed by atoms with Gasteiger partial charge in [0.2, 0.25) is 0 Å². The Kier molecular flexibility index (Phi) is 5.01. The average molecular weight is 405 g/mol. The lowest BCUT2D eigenvalue weighted by Crippen LogP contribution is -2.47. The number of nitrogens with zero attached hydrogens (tertiary/aromatic N) is 5. The van der Waals surface area contributed by atoms with Crippen LogP contribution >= 0.6 is 11.3 Å². The summed E-state index contributed by atoms with van der Waals surface area (Å²) in [5.74, 6) is 0. The van der Waals surface area contributed by atoms with Gasteiger partial charge in [0.25, 0.3) is 12.0 Å². The molecule has 6 nitrogen and oxygen atoms in total. The number of benzene rings is 1. The smallest absolute Gasteiger partial charge is 0.269 e. The number of rotatable bonds is 4. The van der Waals surface area contributed by atoms with Crippen molar-refractivity contribution in [1.29, 1.82) is 0 Å². The third-order valence-electron chi connectivity index (χ3n) is 5.01. The van der Waals surface area contributed by atoms with E-state index in [-0.39, 0.29) is 0 Å². The van der Waals surface area contributed by atoms with Gasteiger partial charge < -0.3 is 9.80 Å². The highest BCUT2D eigenvalue weighted by molar-refractivity contribution is 7.22. The largest absolute Gasteiger partial charge is 0.367 e. The fourth-order valence-electron chi connectivity index (χ4n) is 3.40. The summed E-state index contributed by atoms with van der Waals surface area (Å²) in [6.07, 6.45) is -1.11. The van der Waals surface area contributed by atoms with Gasteiger partial charge in [0, 0.05) is 32.2 Å². The molecule has 0 spiro atoms. The number of halogens is 2. The van der Waals surface area contributed by atoms with Crippen LogP contribution in [0.25, 0.3) is 10.2 Å². The van der Waals surface area contributed by atoms with E-state index in [4.69, 9.17) is 4.98 Å². The fourth-order valence-corrected chi connectivity index (χ4v) is 4.57. The first-order valence-electron chi connectivity index (χ1n) is 9.14. The number of anilines is 2. The molecule has 2 aromatic heterocycles. The van der Waals surface area contributed by atoms with E-state index < -0.39 is 18.5 Å². The Hall–Kier alpha value is -2.55. The molecule has 0 saturated carbocycles. The molecule has 28 heavy (non-hydrogen) atoms. The predicted octanol–water partition coefficient (Wildman–Crippen LogP) is 3.06. The van der Waals surface area contributed by atoms with E-state index in [2.05, 4.69) is 40.9 Å². The zero-order valence-electron chi connectivity index (χ0n) is 15.7. The Morgan fingerprint density at radius 3 is 2.43 bits per heavy atom. The van der Waals surface area contributed by atoms with Gasteiger partial charge in [-0.15, -0.1) is 0 Å². The summed E-state index contributed by atoms with van der Waals surface area (Å²) in [5, 5.41) is 4.89. The van der Waals surface area contributed by atoms with Crippen LogP contribution in [-0.2, 0) is 6.54 Å². The van der Waals surface area contributed by atoms with Crippen molar-refractivity contribution in [2.45, 2.75) is 26.8 Å². The van der Waals surface area contributed by atoms with Crippen LogP contribution in [0, 0.1) is 13.8 Å². The average Bonchev–Trinajstić information content (AvgIpc) is 3.13. The number of aryl methyl sites for hydroxylation is 2. The molecule has 0 amide bonds. The summed E-state index contributed by atoms with van der Waals surface area (Å²) in [5.41, 5.74) is 3.65. The second-order valence-corrected chi connectivity index (χ2v) is 7.95. The number of hydrogen-bond donors (Lipinski definition) is 0. The fraction of sp³-hybridized carbons (Fsp3) is 0.421. The number of aromatic nitrogens is 3. The van der Waals surface area contributed by atoms with Crippen LogP contribution in [0.1, 0.15) is 11.1 Å². The Morgan fingerprint density at radius 1 is 1.11 bits per heavy atom. The molecular formula is C19H21F2N5OS. The summed E-state index contributed by atoms with van der Waals surface area (Å²) < 4.78 is 27.0. The van der Waals surface area contributed by atoms with Gasteiger partial charge in [-0.2, -0.15) is 5.10 Å². The lowest BCUT2D eigenvalue weighted by Gasteiger charge is -2.35. The number of fused-ring (bicyclic) bond motifs is 1. The van der Waals surface area contributed by atoms with Crippen LogP contribution in [0.2, 0.25) is 0 Å². The summed E-state index contributed by atoms with van der Waals surface area (Å²) in [6.45, 7) is 6.48. The van der Waals surface area contributed by atoms with E-state index in [9.17, 15) is 13.6 Å². The molecule has 4 rings (SSSR count). The first kappa shape index (κ1) is 18.8. The van der Waals surface area contributed by atoms with Gasteiger partial charge in [-0.25, -0.2) is 18.4 Å². The summed E-state index contributed by atoms with van der Waals surface area (Å²) in [6, 6.07) is 5.61. The monoisotopic (exact) mass is 405 g/mol. The quantitative estimate of drug-likeness (QED) is 0.668.